The van der Waals surface area contributed by atoms with Gasteiger partial charge in [0.25, 0.3) is 0 Å². The highest BCUT2D eigenvalue weighted by Crippen LogP contribution is 2.30. The van der Waals surface area contributed by atoms with Crippen molar-refractivity contribution >= 4 is 34.1 Å². The largest absolute Gasteiger partial charge is 0.399 e. The molecule has 0 saturated carbocycles. The lowest BCUT2D eigenvalue weighted by Crippen LogP contribution is -2.02. The number of nitrogens with two attached hydrogens (primary N) is 2. The normalized spacial score (nSPS) is 11.8. The van der Waals surface area contributed by atoms with Gasteiger partial charge in [0.15, 0.2) is 5.75 Å². The van der Waals surface area contributed by atoms with Crippen LogP contribution in [0.15, 0.2) is 42.5 Å². The molecule has 0 amide bonds. The van der Waals surface area contributed by atoms with Crippen LogP contribution in [0.3, 0.4) is 0 Å². The third-order valence-electron chi connectivity index (χ3n) is 2.36. The summed E-state index contributed by atoms with van der Waals surface area (Å²) in [4.78, 5) is 0. The highest BCUT2D eigenvalue weighted by molar-refractivity contribution is 7.74. The maximum atomic E-state index is 10.7. The van der Waals surface area contributed by atoms with Gasteiger partial charge in [0.2, 0.25) is 0 Å². The van der Waals surface area contributed by atoms with Crippen molar-refractivity contribution in [2.45, 2.75) is 0 Å². The monoisotopic (exact) mass is 279 g/mol. The maximum Gasteiger partial charge on any atom is 0.357 e. The fourth-order valence-electron chi connectivity index (χ4n) is 1.51. The van der Waals surface area contributed by atoms with Crippen molar-refractivity contribution in [3.8, 4) is 5.75 Å². The molecule has 0 radical (unpaired) electrons. The third kappa shape index (κ3) is 3.60. The van der Waals surface area contributed by atoms with E-state index in [1.165, 1.54) is 6.07 Å². The molecule has 0 bridgehead atoms. The molecule has 0 spiro atoms. The van der Waals surface area contributed by atoms with Gasteiger partial charge in [-0.15, -0.1) is 0 Å². The van der Waals surface area contributed by atoms with Crippen LogP contribution in [-0.4, -0.2) is 8.76 Å². The average Bonchev–Trinajstić information content (AvgIpc) is 2.34. The van der Waals surface area contributed by atoms with Crippen LogP contribution in [0.4, 0.5) is 22.7 Å². The molecule has 0 aliphatic heterocycles. The summed E-state index contributed by atoms with van der Waals surface area (Å²) in [5.74, 6) is 0.192. The topological polar surface area (TPSA) is 111 Å². The van der Waals surface area contributed by atoms with Gasteiger partial charge in [-0.1, -0.05) is 0 Å². The molecule has 0 aromatic heterocycles. The van der Waals surface area contributed by atoms with Crippen molar-refractivity contribution in [3.63, 3.8) is 0 Å². The van der Waals surface area contributed by atoms with E-state index >= 15 is 0 Å². The Labute approximate surface area is 112 Å². The fraction of sp³-hybridized carbons (Fsp3) is 0. The summed E-state index contributed by atoms with van der Waals surface area (Å²) in [5, 5.41) is 3.05. The molecule has 1 atom stereocenters. The van der Waals surface area contributed by atoms with Crippen LogP contribution in [0.2, 0.25) is 0 Å². The van der Waals surface area contributed by atoms with E-state index < -0.39 is 11.4 Å². The molecule has 2 aromatic rings. The standard InChI is InChI=1S/C12H13N3O3S/c13-8-1-4-10(5-2-8)15-11-6-3-9(14)7-12(11)18-19(16)17/h1-7,15H,13-14H2,(H,16,17). The predicted molar refractivity (Wildman–Crippen MR) is 76.4 cm³/mol. The Bertz CT molecular complexity index is 602. The maximum absolute atomic E-state index is 10.7. The van der Waals surface area contributed by atoms with Crippen molar-refractivity contribution in [1.29, 1.82) is 0 Å². The van der Waals surface area contributed by atoms with Gasteiger partial charge in [0.05, 0.1) is 5.69 Å². The van der Waals surface area contributed by atoms with Crippen molar-refractivity contribution in [2.75, 3.05) is 16.8 Å². The highest BCUT2D eigenvalue weighted by Gasteiger charge is 2.08. The Morgan fingerprint density at radius 3 is 2.32 bits per heavy atom. The molecule has 2 rings (SSSR count). The summed E-state index contributed by atoms with van der Waals surface area (Å²) < 4.78 is 24.3. The molecule has 7 heteroatoms. The van der Waals surface area contributed by atoms with Gasteiger partial charge in [-0.05, 0) is 36.4 Å². The van der Waals surface area contributed by atoms with Crippen LogP contribution in [0.25, 0.3) is 0 Å². The minimum atomic E-state index is -2.41. The number of benzene rings is 2. The zero-order valence-corrected chi connectivity index (χ0v) is 10.7. The predicted octanol–water partition coefficient (Wildman–Crippen LogP) is 2.11. The van der Waals surface area contributed by atoms with Gasteiger partial charge in [0, 0.05) is 23.1 Å². The second-order valence-electron chi connectivity index (χ2n) is 3.80. The summed E-state index contributed by atoms with van der Waals surface area (Å²) in [6.07, 6.45) is 0. The lowest BCUT2D eigenvalue weighted by Gasteiger charge is -2.11. The lowest BCUT2D eigenvalue weighted by molar-refractivity contribution is 0.459. The molecule has 1 unspecified atom stereocenters. The Morgan fingerprint density at radius 1 is 1.05 bits per heavy atom. The molecule has 0 fully saturated rings. The van der Waals surface area contributed by atoms with E-state index in [0.717, 1.165) is 5.69 Å². The first-order valence-corrected chi connectivity index (χ1v) is 6.39. The highest BCUT2D eigenvalue weighted by atomic mass is 32.2. The molecule has 6 nitrogen and oxygen atoms in total. The van der Waals surface area contributed by atoms with Crippen molar-refractivity contribution in [3.05, 3.63) is 42.5 Å². The molecule has 0 aliphatic carbocycles. The van der Waals surface area contributed by atoms with Gasteiger partial charge in [-0.25, -0.2) is 0 Å². The number of anilines is 4. The van der Waals surface area contributed by atoms with Gasteiger partial charge in [0.1, 0.15) is 0 Å². The number of nitrogens with one attached hydrogen (secondary N) is 1. The van der Waals surface area contributed by atoms with Crippen LogP contribution in [0.1, 0.15) is 0 Å². The summed E-state index contributed by atoms with van der Waals surface area (Å²) >= 11 is -2.41. The first-order valence-electron chi connectivity index (χ1n) is 5.36. The lowest BCUT2D eigenvalue weighted by atomic mass is 10.2. The van der Waals surface area contributed by atoms with Gasteiger partial charge in [-0.3, -0.25) is 4.55 Å². The molecular weight excluding hydrogens is 266 g/mol. The van der Waals surface area contributed by atoms with E-state index in [0.29, 0.717) is 17.1 Å². The van der Waals surface area contributed by atoms with Crippen LogP contribution in [0.5, 0.6) is 5.75 Å². The van der Waals surface area contributed by atoms with Crippen LogP contribution >= 0.6 is 0 Å². The van der Waals surface area contributed by atoms with Gasteiger partial charge >= 0.3 is 11.4 Å². The van der Waals surface area contributed by atoms with Gasteiger partial charge < -0.3 is 21.0 Å². The van der Waals surface area contributed by atoms with E-state index in [1.807, 2.05) is 0 Å². The zero-order chi connectivity index (χ0) is 13.8. The van der Waals surface area contributed by atoms with Crippen molar-refractivity contribution < 1.29 is 12.9 Å². The van der Waals surface area contributed by atoms with E-state index in [2.05, 4.69) is 5.32 Å². The van der Waals surface area contributed by atoms with Crippen molar-refractivity contribution in [2.24, 2.45) is 0 Å². The Hall–Kier alpha value is -2.25. The zero-order valence-electron chi connectivity index (χ0n) is 9.87. The van der Waals surface area contributed by atoms with E-state index in [4.69, 9.17) is 20.2 Å². The molecule has 0 heterocycles. The third-order valence-corrected chi connectivity index (χ3v) is 2.68. The first-order chi connectivity index (χ1) is 9.04. The number of hydrogen-bond donors (Lipinski definition) is 4. The number of rotatable bonds is 4. The minimum Gasteiger partial charge on any atom is -0.399 e. The number of nitrogen functional groups attached to an aromatic ring is 2. The van der Waals surface area contributed by atoms with E-state index in [-0.39, 0.29) is 5.75 Å². The Balaban J connectivity index is 2.28. The average molecular weight is 279 g/mol. The second kappa shape index (κ2) is 5.59. The molecule has 6 N–H and O–H groups in total. The summed E-state index contributed by atoms with van der Waals surface area (Å²) in [6, 6.07) is 11.8. The van der Waals surface area contributed by atoms with Crippen LogP contribution in [0, 0.1) is 0 Å². The van der Waals surface area contributed by atoms with E-state index in [1.54, 1.807) is 36.4 Å². The molecule has 100 valence electrons. The molecular formula is C12H13N3O3S. The Morgan fingerprint density at radius 2 is 1.68 bits per heavy atom. The van der Waals surface area contributed by atoms with Gasteiger partial charge in [-0.2, -0.15) is 4.21 Å². The fourth-order valence-corrected chi connectivity index (χ4v) is 1.80. The summed E-state index contributed by atoms with van der Waals surface area (Å²) in [5.41, 5.74) is 13.6. The van der Waals surface area contributed by atoms with Crippen LogP contribution < -0.4 is 21.0 Å². The second-order valence-corrected chi connectivity index (χ2v) is 4.40. The summed E-state index contributed by atoms with van der Waals surface area (Å²) in [7, 11) is 0. The first kappa shape index (κ1) is 13.2. The summed E-state index contributed by atoms with van der Waals surface area (Å²) in [6.45, 7) is 0. The van der Waals surface area contributed by atoms with E-state index in [9.17, 15) is 4.21 Å². The van der Waals surface area contributed by atoms with Crippen LogP contribution in [-0.2, 0) is 11.4 Å². The molecule has 19 heavy (non-hydrogen) atoms. The number of hydrogen-bond acceptors (Lipinski definition) is 5. The molecule has 0 saturated heterocycles. The minimum absolute atomic E-state index is 0.192. The Kier molecular flexibility index (Phi) is 3.88. The quantitative estimate of drug-likeness (QED) is 0.504. The SMILES string of the molecule is Nc1ccc(Nc2ccc(N)cc2OS(=O)O)cc1. The smallest absolute Gasteiger partial charge is 0.357 e. The van der Waals surface area contributed by atoms with Crippen molar-refractivity contribution in [1.82, 2.24) is 0 Å². The molecule has 2 aromatic carbocycles. The molecule has 0 aliphatic rings.